The first-order chi connectivity index (χ1) is 7.21. The van der Waals surface area contributed by atoms with Gasteiger partial charge < -0.3 is 20.0 Å². The normalized spacial score (nSPS) is 11.9. The standard InChI is InChI=1S/C11H15NO3/c1-14-10-4-3-8(5-9(12)7-13)6-11(10)15-2/h3-4,6-7,9H,5,12H2,1-2H3. The van der Waals surface area contributed by atoms with E-state index in [2.05, 4.69) is 0 Å². The molecule has 15 heavy (non-hydrogen) atoms. The van der Waals surface area contributed by atoms with Gasteiger partial charge in [0.25, 0.3) is 0 Å². The van der Waals surface area contributed by atoms with E-state index in [1.165, 1.54) is 0 Å². The maximum atomic E-state index is 10.4. The van der Waals surface area contributed by atoms with Crippen molar-refractivity contribution in [3.05, 3.63) is 23.8 Å². The number of ether oxygens (including phenoxy) is 2. The summed E-state index contributed by atoms with van der Waals surface area (Å²) in [5, 5.41) is 0. The van der Waals surface area contributed by atoms with Crippen LogP contribution in [0.25, 0.3) is 0 Å². The van der Waals surface area contributed by atoms with E-state index in [-0.39, 0.29) is 0 Å². The number of carbonyl (C=O) groups is 1. The molecule has 0 fully saturated rings. The molecule has 0 heterocycles. The van der Waals surface area contributed by atoms with Crippen LogP contribution in [-0.4, -0.2) is 26.5 Å². The summed E-state index contributed by atoms with van der Waals surface area (Å²) in [5.74, 6) is 1.31. The molecule has 0 aromatic heterocycles. The zero-order valence-corrected chi connectivity index (χ0v) is 8.90. The maximum Gasteiger partial charge on any atom is 0.160 e. The summed E-state index contributed by atoms with van der Waals surface area (Å²) in [6.45, 7) is 0. The molecule has 1 rings (SSSR count). The summed E-state index contributed by atoms with van der Waals surface area (Å²) in [6, 6.07) is 5.02. The van der Waals surface area contributed by atoms with Crippen molar-refractivity contribution in [2.45, 2.75) is 12.5 Å². The van der Waals surface area contributed by atoms with Gasteiger partial charge in [-0.15, -0.1) is 0 Å². The summed E-state index contributed by atoms with van der Waals surface area (Å²) >= 11 is 0. The zero-order valence-electron chi connectivity index (χ0n) is 8.90. The van der Waals surface area contributed by atoms with Crippen molar-refractivity contribution < 1.29 is 14.3 Å². The molecule has 4 heteroatoms. The van der Waals surface area contributed by atoms with Crippen molar-refractivity contribution in [1.82, 2.24) is 0 Å². The molecular weight excluding hydrogens is 194 g/mol. The van der Waals surface area contributed by atoms with E-state index in [1.807, 2.05) is 12.1 Å². The molecule has 0 amide bonds. The Morgan fingerprint density at radius 1 is 1.33 bits per heavy atom. The molecule has 0 spiro atoms. The highest BCUT2D eigenvalue weighted by molar-refractivity contribution is 5.58. The Morgan fingerprint density at radius 2 is 2.00 bits per heavy atom. The van der Waals surface area contributed by atoms with Gasteiger partial charge >= 0.3 is 0 Å². The quantitative estimate of drug-likeness (QED) is 0.728. The van der Waals surface area contributed by atoms with Gasteiger partial charge in [-0.3, -0.25) is 0 Å². The summed E-state index contributed by atoms with van der Waals surface area (Å²) < 4.78 is 10.2. The van der Waals surface area contributed by atoms with E-state index in [9.17, 15) is 4.79 Å². The number of rotatable bonds is 5. The van der Waals surface area contributed by atoms with Crippen LogP contribution in [-0.2, 0) is 11.2 Å². The highest BCUT2D eigenvalue weighted by Crippen LogP contribution is 2.27. The summed E-state index contributed by atoms with van der Waals surface area (Å²) in [7, 11) is 3.15. The molecule has 0 radical (unpaired) electrons. The Kier molecular flexibility index (Phi) is 4.12. The molecule has 1 aromatic rings. The predicted octanol–water partition coefficient (Wildman–Crippen LogP) is 0.772. The van der Waals surface area contributed by atoms with Gasteiger partial charge in [-0.25, -0.2) is 0 Å². The summed E-state index contributed by atoms with van der Waals surface area (Å²) in [4.78, 5) is 10.4. The van der Waals surface area contributed by atoms with Gasteiger partial charge in [-0.2, -0.15) is 0 Å². The van der Waals surface area contributed by atoms with E-state index in [4.69, 9.17) is 15.2 Å². The van der Waals surface area contributed by atoms with Crippen LogP contribution < -0.4 is 15.2 Å². The topological polar surface area (TPSA) is 61.5 Å². The number of benzene rings is 1. The lowest BCUT2D eigenvalue weighted by Gasteiger charge is -2.10. The molecule has 1 atom stereocenters. The number of hydrogen-bond donors (Lipinski definition) is 1. The van der Waals surface area contributed by atoms with Crippen LogP contribution in [0.3, 0.4) is 0 Å². The first kappa shape index (κ1) is 11.5. The van der Waals surface area contributed by atoms with Crippen molar-refractivity contribution >= 4 is 6.29 Å². The first-order valence-electron chi connectivity index (χ1n) is 4.63. The maximum absolute atomic E-state index is 10.4. The molecule has 4 nitrogen and oxygen atoms in total. The van der Waals surface area contributed by atoms with Crippen LogP contribution in [0.4, 0.5) is 0 Å². The molecule has 0 aliphatic rings. The molecule has 0 aliphatic carbocycles. The molecule has 1 aromatic carbocycles. The fourth-order valence-corrected chi connectivity index (χ4v) is 1.33. The number of aldehydes is 1. The van der Waals surface area contributed by atoms with Gasteiger partial charge in [-0.1, -0.05) is 6.07 Å². The minimum absolute atomic E-state index is 0.469. The van der Waals surface area contributed by atoms with Gasteiger partial charge in [0.15, 0.2) is 11.5 Å². The Hall–Kier alpha value is -1.55. The molecule has 82 valence electrons. The highest BCUT2D eigenvalue weighted by Gasteiger charge is 2.07. The molecule has 2 N–H and O–H groups in total. The Bertz CT molecular complexity index is 339. The fourth-order valence-electron chi connectivity index (χ4n) is 1.33. The SMILES string of the molecule is COc1ccc(CC(N)C=O)cc1OC. The van der Waals surface area contributed by atoms with Crippen molar-refractivity contribution in [2.75, 3.05) is 14.2 Å². The number of nitrogens with two attached hydrogens (primary N) is 1. The number of hydrogen-bond acceptors (Lipinski definition) is 4. The Morgan fingerprint density at radius 3 is 2.53 bits per heavy atom. The van der Waals surface area contributed by atoms with Gasteiger partial charge in [0.05, 0.1) is 20.3 Å². The van der Waals surface area contributed by atoms with E-state index >= 15 is 0 Å². The smallest absolute Gasteiger partial charge is 0.160 e. The van der Waals surface area contributed by atoms with Gasteiger partial charge in [0.1, 0.15) is 6.29 Å². The van der Waals surface area contributed by atoms with Crippen LogP contribution in [0.1, 0.15) is 5.56 Å². The second-order valence-electron chi connectivity index (χ2n) is 3.19. The van der Waals surface area contributed by atoms with Crippen LogP contribution >= 0.6 is 0 Å². The van der Waals surface area contributed by atoms with Crippen molar-refractivity contribution in [3.63, 3.8) is 0 Å². The lowest BCUT2D eigenvalue weighted by atomic mass is 10.1. The third kappa shape index (κ3) is 2.95. The third-order valence-electron chi connectivity index (χ3n) is 2.09. The van der Waals surface area contributed by atoms with E-state index in [0.29, 0.717) is 17.9 Å². The molecule has 0 saturated carbocycles. The van der Waals surface area contributed by atoms with Gasteiger partial charge in [0, 0.05) is 0 Å². The van der Waals surface area contributed by atoms with Crippen LogP contribution in [0, 0.1) is 0 Å². The average Bonchev–Trinajstić information content (AvgIpc) is 2.28. The third-order valence-corrected chi connectivity index (χ3v) is 2.09. The van der Waals surface area contributed by atoms with E-state index in [1.54, 1.807) is 20.3 Å². The summed E-state index contributed by atoms with van der Waals surface area (Å²) in [5.41, 5.74) is 6.48. The van der Waals surface area contributed by atoms with Crippen molar-refractivity contribution in [2.24, 2.45) is 5.73 Å². The van der Waals surface area contributed by atoms with E-state index in [0.717, 1.165) is 11.8 Å². The minimum Gasteiger partial charge on any atom is -0.493 e. The largest absolute Gasteiger partial charge is 0.493 e. The fraction of sp³-hybridized carbons (Fsp3) is 0.364. The van der Waals surface area contributed by atoms with Crippen molar-refractivity contribution in [3.8, 4) is 11.5 Å². The predicted molar refractivity (Wildman–Crippen MR) is 57.3 cm³/mol. The molecular formula is C11H15NO3. The molecule has 0 aliphatic heterocycles. The first-order valence-corrected chi connectivity index (χ1v) is 4.63. The van der Waals surface area contributed by atoms with Crippen molar-refractivity contribution in [1.29, 1.82) is 0 Å². The van der Waals surface area contributed by atoms with Gasteiger partial charge in [0.2, 0.25) is 0 Å². The number of carbonyl (C=O) groups excluding carboxylic acids is 1. The minimum atomic E-state index is -0.469. The lowest BCUT2D eigenvalue weighted by molar-refractivity contribution is -0.108. The average molecular weight is 209 g/mol. The second kappa shape index (κ2) is 5.36. The Balaban J connectivity index is 2.87. The van der Waals surface area contributed by atoms with Crippen LogP contribution in [0.2, 0.25) is 0 Å². The molecule has 0 saturated heterocycles. The zero-order chi connectivity index (χ0) is 11.3. The van der Waals surface area contributed by atoms with Crippen LogP contribution in [0.5, 0.6) is 11.5 Å². The summed E-state index contributed by atoms with van der Waals surface area (Å²) in [6.07, 6.45) is 1.24. The van der Waals surface area contributed by atoms with Gasteiger partial charge in [-0.05, 0) is 24.1 Å². The molecule has 1 unspecified atom stereocenters. The molecule has 0 bridgehead atoms. The second-order valence-corrected chi connectivity index (χ2v) is 3.19. The highest BCUT2D eigenvalue weighted by atomic mass is 16.5. The monoisotopic (exact) mass is 209 g/mol. The number of methoxy groups -OCH3 is 2. The Labute approximate surface area is 89.0 Å². The van der Waals surface area contributed by atoms with Crippen LogP contribution in [0.15, 0.2) is 18.2 Å². The van der Waals surface area contributed by atoms with E-state index < -0.39 is 6.04 Å². The lowest BCUT2D eigenvalue weighted by Crippen LogP contribution is -2.24.